The molecule has 0 bridgehead atoms. The summed E-state index contributed by atoms with van der Waals surface area (Å²) in [6, 6.07) is 6.88. The SMILES string of the molecule is COc1ccc2[nH]c(CNC(=O)CNC(N)=O)cc2c1. The molecule has 20 heavy (non-hydrogen) atoms. The van der Waals surface area contributed by atoms with Gasteiger partial charge < -0.3 is 26.1 Å². The molecule has 0 aliphatic heterocycles. The van der Waals surface area contributed by atoms with E-state index in [0.717, 1.165) is 22.3 Å². The molecule has 1 aromatic carbocycles. The number of nitrogens with one attached hydrogen (secondary N) is 3. The number of urea groups is 1. The fourth-order valence-electron chi connectivity index (χ4n) is 1.82. The molecule has 3 amide bonds. The Morgan fingerprint density at radius 3 is 2.80 bits per heavy atom. The Bertz CT molecular complexity index is 636. The van der Waals surface area contributed by atoms with Crippen molar-refractivity contribution in [3.05, 3.63) is 30.0 Å². The van der Waals surface area contributed by atoms with Gasteiger partial charge in [0.1, 0.15) is 5.75 Å². The summed E-state index contributed by atoms with van der Waals surface area (Å²) in [5.41, 5.74) is 6.70. The van der Waals surface area contributed by atoms with Crippen LogP contribution in [0.15, 0.2) is 24.3 Å². The lowest BCUT2D eigenvalue weighted by atomic mass is 10.2. The molecule has 1 aromatic heterocycles. The van der Waals surface area contributed by atoms with E-state index in [-0.39, 0.29) is 12.5 Å². The first-order valence-corrected chi connectivity index (χ1v) is 6.04. The predicted octanol–water partition coefficient (Wildman–Crippen LogP) is 0.461. The molecule has 1 heterocycles. The van der Waals surface area contributed by atoms with Gasteiger partial charge in [-0.1, -0.05) is 0 Å². The van der Waals surface area contributed by atoms with Crippen LogP contribution in [0, 0.1) is 0 Å². The van der Waals surface area contributed by atoms with Crippen LogP contribution in [0.4, 0.5) is 4.79 Å². The van der Waals surface area contributed by atoms with E-state index in [1.165, 1.54) is 0 Å². The van der Waals surface area contributed by atoms with Gasteiger partial charge >= 0.3 is 6.03 Å². The van der Waals surface area contributed by atoms with Gasteiger partial charge in [0, 0.05) is 16.6 Å². The highest BCUT2D eigenvalue weighted by Gasteiger charge is 2.05. The van der Waals surface area contributed by atoms with Gasteiger partial charge in [-0.3, -0.25) is 4.79 Å². The molecule has 0 aliphatic carbocycles. The maximum atomic E-state index is 11.4. The van der Waals surface area contributed by atoms with Crippen molar-refractivity contribution in [3.8, 4) is 5.75 Å². The zero-order chi connectivity index (χ0) is 14.5. The number of benzene rings is 1. The number of aromatic nitrogens is 1. The molecule has 0 radical (unpaired) electrons. The van der Waals surface area contributed by atoms with Crippen molar-refractivity contribution >= 4 is 22.8 Å². The average Bonchev–Trinajstić information content (AvgIpc) is 2.84. The lowest BCUT2D eigenvalue weighted by molar-refractivity contribution is -0.120. The summed E-state index contributed by atoms with van der Waals surface area (Å²) in [4.78, 5) is 25.1. The minimum Gasteiger partial charge on any atom is -0.497 e. The first-order chi connectivity index (χ1) is 9.58. The first-order valence-electron chi connectivity index (χ1n) is 6.04. The number of hydrogen-bond donors (Lipinski definition) is 4. The molecule has 7 heteroatoms. The van der Waals surface area contributed by atoms with Gasteiger partial charge in [0.25, 0.3) is 0 Å². The Labute approximate surface area is 115 Å². The Hall–Kier alpha value is -2.70. The highest BCUT2D eigenvalue weighted by molar-refractivity contribution is 5.84. The van der Waals surface area contributed by atoms with Crippen LogP contribution in [0.1, 0.15) is 5.69 Å². The van der Waals surface area contributed by atoms with Gasteiger partial charge in [-0.2, -0.15) is 0 Å². The third kappa shape index (κ3) is 3.41. The number of aromatic amines is 1. The Kier molecular flexibility index (Phi) is 4.09. The zero-order valence-electron chi connectivity index (χ0n) is 11.0. The summed E-state index contributed by atoms with van der Waals surface area (Å²) < 4.78 is 5.15. The summed E-state index contributed by atoms with van der Waals surface area (Å²) in [6.07, 6.45) is 0. The van der Waals surface area contributed by atoms with Crippen molar-refractivity contribution in [3.63, 3.8) is 0 Å². The fraction of sp³-hybridized carbons (Fsp3) is 0.231. The van der Waals surface area contributed by atoms with Crippen molar-refractivity contribution in [2.75, 3.05) is 13.7 Å². The zero-order valence-corrected chi connectivity index (χ0v) is 11.0. The van der Waals surface area contributed by atoms with E-state index in [2.05, 4.69) is 15.6 Å². The number of hydrogen-bond acceptors (Lipinski definition) is 3. The molecule has 2 aromatic rings. The summed E-state index contributed by atoms with van der Waals surface area (Å²) in [5, 5.41) is 5.90. The second kappa shape index (κ2) is 5.96. The van der Waals surface area contributed by atoms with Gasteiger partial charge in [-0.05, 0) is 24.3 Å². The molecule has 5 N–H and O–H groups in total. The van der Waals surface area contributed by atoms with Crippen molar-refractivity contribution in [1.29, 1.82) is 0 Å². The highest BCUT2D eigenvalue weighted by Crippen LogP contribution is 2.21. The molecular weight excluding hydrogens is 260 g/mol. The second-order valence-electron chi connectivity index (χ2n) is 4.24. The minimum absolute atomic E-state index is 0.136. The molecule has 0 spiro atoms. The molecule has 106 valence electrons. The molecular formula is C13H16N4O3. The van der Waals surface area contributed by atoms with E-state index in [9.17, 15) is 9.59 Å². The van der Waals surface area contributed by atoms with E-state index in [4.69, 9.17) is 10.5 Å². The van der Waals surface area contributed by atoms with Crippen LogP contribution < -0.4 is 21.1 Å². The van der Waals surface area contributed by atoms with Crippen LogP contribution in [0.25, 0.3) is 10.9 Å². The van der Waals surface area contributed by atoms with Gasteiger partial charge in [0.15, 0.2) is 0 Å². The van der Waals surface area contributed by atoms with Crippen LogP contribution in [0.3, 0.4) is 0 Å². The fourth-order valence-corrected chi connectivity index (χ4v) is 1.82. The standard InChI is InChI=1S/C13H16N4O3/c1-20-10-2-3-11-8(5-10)4-9(17-11)6-15-12(18)7-16-13(14)19/h2-5,17H,6-7H2,1H3,(H,15,18)(H3,14,16,19). The van der Waals surface area contributed by atoms with Gasteiger partial charge in [0.2, 0.25) is 5.91 Å². The molecule has 0 unspecified atom stereocenters. The largest absolute Gasteiger partial charge is 0.497 e. The van der Waals surface area contributed by atoms with E-state index < -0.39 is 6.03 Å². The van der Waals surface area contributed by atoms with Crippen LogP contribution in [-0.4, -0.2) is 30.6 Å². The van der Waals surface area contributed by atoms with E-state index >= 15 is 0 Å². The predicted molar refractivity (Wildman–Crippen MR) is 74.3 cm³/mol. The summed E-state index contributed by atoms with van der Waals surface area (Å²) in [6.45, 7) is 0.208. The highest BCUT2D eigenvalue weighted by atomic mass is 16.5. The maximum Gasteiger partial charge on any atom is 0.312 e. The normalized spacial score (nSPS) is 10.2. The molecule has 0 fully saturated rings. The number of amides is 3. The number of fused-ring (bicyclic) bond motifs is 1. The molecule has 0 saturated heterocycles. The minimum atomic E-state index is -0.724. The summed E-state index contributed by atoms with van der Waals surface area (Å²) >= 11 is 0. The van der Waals surface area contributed by atoms with Crippen LogP contribution in [0.2, 0.25) is 0 Å². The summed E-state index contributed by atoms with van der Waals surface area (Å²) in [5.74, 6) is 0.470. The third-order valence-corrected chi connectivity index (χ3v) is 2.78. The number of ether oxygens (including phenoxy) is 1. The number of carbonyl (C=O) groups excluding carboxylic acids is 2. The molecule has 7 nitrogen and oxygen atoms in total. The van der Waals surface area contributed by atoms with E-state index in [1.54, 1.807) is 7.11 Å². The second-order valence-corrected chi connectivity index (χ2v) is 4.24. The topological polar surface area (TPSA) is 109 Å². The molecule has 0 aliphatic rings. The van der Waals surface area contributed by atoms with Crippen LogP contribution in [-0.2, 0) is 11.3 Å². The van der Waals surface area contributed by atoms with Gasteiger partial charge in [0.05, 0.1) is 20.2 Å². The lowest BCUT2D eigenvalue weighted by Gasteiger charge is -2.03. The molecule has 0 atom stereocenters. The molecule has 0 saturated carbocycles. The monoisotopic (exact) mass is 276 g/mol. The van der Waals surface area contributed by atoms with Gasteiger partial charge in [-0.15, -0.1) is 0 Å². The Balaban J connectivity index is 1.96. The van der Waals surface area contributed by atoms with Crippen molar-refractivity contribution in [1.82, 2.24) is 15.6 Å². The number of methoxy groups -OCH3 is 1. The Morgan fingerprint density at radius 2 is 2.10 bits per heavy atom. The maximum absolute atomic E-state index is 11.4. The lowest BCUT2D eigenvalue weighted by Crippen LogP contribution is -2.39. The van der Waals surface area contributed by atoms with Gasteiger partial charge in [-0.25, -0.2) is 4.79 Å². The van der Waals surface area contributed by atoms with E-state index in [0.29, 0.717) is 6.54 Å². The number of H-pyrrole nitrogens is 1. The van der Waals surface area contributed by atoms with Crippen molar-refractivity contribution in [2.24, 2.45) is 5.73 Å². The van der Waals surface area contributed by atoms with Crippen molar-refractivity contribution in [2.45, 2.75) is 6.54 Å². The summed E-state index contributed by atoms with van der Waals surface area (Å²) in [7, 11) is 1.61. The number of nitrogens with two attached hydrogens (primary N) is 1. The average molecular weight is 276 g/mol. The van der Waals surface area contributed by atoms with Crippen LogP contribution >= 0.6 is 0 Å². The van der Waals surface area contributed by atoms with E-state index in [1.807, 2.05) is 24.3 Å². The smallest absolute Gasteiger partial charge is 0.312 e. The third-order valence-electron chi connectivity index (χ3n) is 2.78. The number of primary amides is 1. The molecule has 2 rings (SSSR count). The number of carbonyl (C=O) groups is 2. The Morgan fingerprint density at radius 1 is 1.30 bits per heavy atom. The van der Waals surface area contributed by atoms with Crippen molar-refractivity contribution < 1.29 is 14.3 Å². The quantitative estimate of drug-likeness (QED) is 0.637. The number of rotatable bonds is 5. The van der Waals surface area contributed by atoms with Crippen LogP contribution in [0.5, 0.6) is 5.75 Å². The first kappa shape index (κ1) is 13.7.